The van der Waals surface area contributed by atoms with Crippen molar-refractivity contribution in [2.24, 2.45) is 0 Å². The fourth-order valence-corrected chi connectivity index (χ4v) is 3.62. The van der Waals surface area contributed by atoms with Crippen LogP contribution in [0.2, 0.25) is 0 Å². The van der Waals surface area contributed by atoms with Crippen molar-refractivity contribution < 1.29 is 14.8 Å². The molecule has 0 radical (unpaired) electrons. The van der Waals surface area contributed by atoms with Gasteiger partial charge in [0.1, 0.15) is 13.5 Å². The van der Waals surface area contributed by atoms with E-state index in [2.05, 4.69) is 5.09 Å². The molecule has 6 nitrogen and oxygen atoms in total. The van der Waals surface area contributed by atoms with E-state index in [1.165, 1.54) is 9.34 Å². The van der Waals surface area contributed by atoms with Crippen LogP contribution in [0, 0.1) is 0 Å². The molecule has 0 aliphatic rings. The number of rotatable bonds is 8. The van der Waals surface area contributed by atoms with E-state index >= 15 is 0 Å². The molecule has 0 spiro atoms. The molecular weight excluding hydrogens is 217 g/mol. The fourth-order valence-electron chi connectivity index (χ4n) is 1.34. The summed E-state index contributed by atoms with van der Waals surface area (Å²) in [6.45, 7) is 6.30. The molecule has 15 heavy (non-hydrogen) atoms. The number of aliphatic hydroxyl groups is 2. The summed E-state index contributed by atoms with van der Waals surface area (Å²) >= 11 is 0. The second-order valence-corrected chi connectivity index (χ2v) is 5.52. The van der Waals surface area contributed by atoms with Crippen LogP contribution in [-0.4, -0.2) is 52.6 Å². The Balaban J connectivity index is 4.92. The van der Waals surface area contributed by atoms with Crippen LogP contribution in [0.25, 0.3) is 0 Å². The van der Waals surface area contributed by atoms with Crippen molar-refractivity contribution in [1.29, 1.82) is 0 Å². The second kappa shape index (κ2) is 7.33. The minimum Gasteiger partial charge on any atom is -0.381 e. The standard InChI is InChI=1S/C8H22N3O3P/c1-4-9-15(14,10(5-2)7-12)11(6-3)8-13/h12-13H,4-8H2,1-3H3,(H,9,14). The summed E-state index contributed by atoms with van der Waals surface area (Å²) < 4.78 is 15.4. The third-order valence-corrected chi connectivity index (χ3v) is 5.27. The third kappa shape index (κ3) is 3.52. The van der Waals surface area contributed by atoms with Crippen LogP contribution in [0.3, 0.4) is 0 Å². The number of hydrogen-bond acceptors (Lipinski definition) is 3. The monoisotopic (exact) mass is 239 g/mol. The number of nitrogens with one attached hydrogen (secondary N) is 1. The molecule has 0 saturated carbocycles. The van der Waals surface area contributed by atoms with Gasteiger partial charge in [0.15, 0.2) is 0 Å². The number of nitrogens with zero attached hydrogens (tertiary/aromatic N) is 2. The van der Waals surface area contributed by atoms with Crippen molar-refractivity contribution >= 4 is 7.59 Å². The topological polar surface area (TPSA) is 76.0 Å². The molecule has 0 bridgehead atoms. The first-order chi connectivity index (χ1) is 7.10. The maximum atomic E-state index is 12.6. The predicted octanol–water partition coefficient (Wildman–Crippen LogP) is 0.247. The predicted molar refractivity (Wildman–Crippen MR) is 60.2 cm³/mol. The SMILES string of the molecule is CCNP(=O)(N(CC)CO)N(CC)CO. The summed E-state index contributed by atoms with van der Waals surface area (Å²) in [5, 5.41) is 21.1. The van der Waals surface area contributed by atoms with Gasteiger partial charge in [0.2, 0.25) is 0 Å². The van der Waals surface area contributed by atoms with E-state index in [4.69, 9.17) is 10.2 Å². The number of hydrogen-bond donors (Lipinski definition) is 3. The van der Waals surface area contributed by atoms with Crippen molar-refractivity contribution in [2.45, 2.75) is 20.8 Å². The van der Waals surface area contributed by atoms with Crippen LogP contribution >= 0.6 is 7.59 Å². The van der Waals surface area contributed by atoms with Crippen LogP contribution < -0.4 is 5.09 Å². The molecule has 0 heterocycles. The van der Waals surface area contributed by atoms with Crippen LogP contribution in [0.1, 0.15) is 20.8 Å². The fraction of sp³-hybridized carbons (Fsp3) is 1.00. The van der Waals surface area contributed by atoms with Gasteiger partial charge in [-0.3, -0.25) is 4.57 Å². The first kappa shape index (κ1) is 15.0. The van der Waals surface area contributed by atoms with E-state index in [-0.39, 0.29) is 13.5 Å². The van der Waals surface area contributed by atoms with Gasteiger partial charge in [0.25, 0.3) is 7.59 Å². The zero-order valence-corrected chi connectivity index (χ0v) is 10.6. The summed E-state index contributed by atoms with van der Waals surface area (Å²) in [7, 11) is -3.02. The van der Waals surface area contributed by atoms with E-state index in [0.717, 1.165) is 0 Å². The Morgan fingerprint density at radius 3 is 1.67 bits per heavy atom. The third-order valence-electron chi connectivity index (χ3n) is 2.19. The Morgan fingerprint density at radius 1 is 1.07 bits per heavy atom. The molecule has 0 saturated heterocycles. The normalized spacial score (nSPS) is 12.7. The highest BCUT2D eigenvalue weighted by Crippen LogP contribution is 2.47. The minimum absolute atomic E-state index is 0.294. The molecule has 0 unspecified atom stereocenters. The molecule has 0 aliphatic heterocycles. The molecule has 0 aromatic rings. The smallest absolute Gasteiger partial charge is 0.288 e. The Labute approximate surface area is 91.4 Å². The van der Waals surface area contributed by atoms with Gasteiger partial charge in [-0.1, -0.05) is 20.8 Å². The summed E-state index contributed by atoms with van der Waals surface area (Å²) in [6, 6.07) is 0. The lowest BCUT2D eigenvalue weighted by Crippen LogP contribution is -2.39. The van der Waals surface area contributed by atoms with Crippen molar-refractivity contribution in [3.05, 3.63) is 0 Å². The van der Waals surface area contributed by atoms with Gasteiger partial charge in [0, 0.05) is 19.6 Å². The van der Waals surface area contributed by atoms with Gasteiger partial charge < -0.3 is 10.2 Å². The van der Waals surface area contributed by atoms with E-state index in [1.807, 2.05) is 20.8 Å². The molecule has 92 valence electrons. The van der Waals surface area contributed by atoms with Gasteiger partial charge in [-0.25, -0.2) is 14.4 Å². The van der Waals surface area contributed by atoms with Crippen molar-refractivity contribution in [3.8, 4) is 0 Å². The Hall–Kier alpha value is 0.0300. The molecule has 0 aromatic heterocycles. The van der Waals surface area contributed by atoms with Crippen LogP contribution in [0.5, 0.6) is 0 Å². The Morgan fingerprint density at radius 2 is 1.47 bits per heavy atom. The zero-order chi connectivity index (χ0) is 11.9. The minimum atomic E-state index is -3.02. The lowest BCUT2D eigenvalue weighted by molar-refractivity contribution is 0.139. The molecule has 0 atom stereocenters. The average molecular weight is 239 g/mol. The van der Waals surface area contributed by atoms with Gasteiger partial charge in [0.05, 0.1) is 0 Å². The van der Waals surface area contributed by atoms with Crippen molar-refractivity contribution in [1.82, 2.24) is 14.4 Å². The van der Waals surface area contributed by atoms with Crippen LogP contribution in [0.15, 0.2) is 0 Å². The molecule has 0 rings (SSSR count). The summed E-state index contributed by atoms with van der Waals surface area (Å²) in [5.74, 6) is 0. The Bertz CT molecular complexity index is 191. The highest BCUT2D eigenvalue weighted by atomic mass is 31.2. The highest BCUT2D eigenvalue weighted by Gasteiger charge is 2.34. The molecule has 0 aliphatic carbocycles. The lowest BCUT2D eigenvalue weighted by atomic mass is 10.8. The molecule has 3 N–H and O–H groups in total. The Kier molecular flexibility index (Phi) is 7.34. The van der Waals surface area contributed by atoms with E-state index in [9.17, 15) is 4.57 Å². The first-order valence-electron chi connectivity index (χ1n) is 5.18. The van der Waals surface area contributed by atoms with Crippen LogP contribution in [0.4, 0.5) is 0 Å². The highest BCUT2D eigenvalue weighted by molar-refractivity contribution is 7.56. The van der Waals surface area contributed by atoms with E-state index in [0.29, 0.717) is 19.6 Å². The summed E-state index contributed by atoms with van der Waals surface area (Å²) in [4.78, 5) is 0. The molecule has 0 fully saturated rings. The summed E-state index contributed by atoms with van der Waals surface area (Å²) in [5.41, 5.74) is 0. The van der Waals surface area contributed by atoms with Crippen LogP contribution in [-0.2, 0) is 4.57 Å². The number of aliphatic hydroxyl groups excluding tert-OH is 2. The molecule has 0 amide bonds. The van der Waals surface area contributed by atoms with Gasteiger partial charge >= 0.3 is 0 Å². The first-order valence-corrected chi connectivity index (χ1v) is 6.79. The van der Waals surface area contributed by atoms with Gasteiger partial charge in [-0.05, 0) is 0 Å². The quantitative estimate of drug-likeness (QED) is 0.416. The maximum Gasteiger partial charge on any atom is 0.288 e. The van der Waals surface area contributed by atoms with E-state index < -0.39 is 7.59 Å². The lowest BCUT2D eigenvalue weighted by Gasteiger charge is -2.36. The molecule has 7 heteroatoms. The summed E-state index contributed by atoms with van der Waals surface area (Å²) in [6.07, 6.45) is 0. The van der Waals surface area contributed by atoms with Crippen molar-refractivity contribution in [2.75, 3.05) is 33.1 Å². The second-order valence-electron chi connectivity index (χ2n) is 2.98. The van der Waals surface area contributed by atoms with E-state index in [1.54, 1.807) is 0 Å². The van der Waals surface area contributed by atoms with Gasteiger partial charge in [-0.2, -0.15) is 0 Å². The maximum absolute atomic E-state index is 12.6. The molecular formula is C8H22N3O3P. The zero-order valence-electron chi connectivity index (χ0n) is 9.68. The molecule has 0 aromatic carbocycles. The average Bonchev–Trinajstić information content (AvgIpc) is 2.21. The largest absolute Gasteiger partial charge is 0.381 e. The van der Waals surface area contributed by atoms with Gasteiger partial charge in [-0.15, -0.1) is 0 Å². The van der Waals surface area contributed by atoms with Crippen molar-refractivity contribution in [3.63, 3.8) is 0 Å².